The molecule has 0 unspecified atom stereocenters. The monoisotopic (exact) mass is 251 g/mol. The summed E-state index contributed by atoms with van der Waals surface area (Å²) < 4.78 is 5.15. The van der Waals surface area contributed by atoms with Gasteiger partial charge in [0.05, 0.1) is 5.56 Å². The maximum absolute atomic E-state index is 11.6. The fourth-order valence-corrected chi connectivity index (χ4v) is 1.74. The molecule has 0 atom stereocenters. The largest absolute Gasteiger partial charge is 0.461 e. The molecule has 2 N–H and O–H groups in total. The van der Waals surface area contributed by atoms with E-state index in [1.54, 1.807) is 5.01 Å². The number of rotatable bonds is 4. The van der Waals surface area contributed by atoms with Gasteiger partial charge in [-0.25, -0.2) is 19.8 Å². The number of hydrazine groups is 1. The molecule has 2 rings (SSSR count). The van der Waals surface area contributed by atoms with Crippen molar-refractivity contribution < 1.29 is 9.53 Å². The molecule has 98 valence electrons. The fourth-order valence-electron chi connectivity index (χ4n) is 1.74. The number of nitrogens with zero attached hydrogens (tertiary/aromatic N) is 4. The average Bonchev–Trinajstić information content (AvgIpc) is 2.42. The molecular weight excluding hydrogens is 234 g/mol. The number of nitrogens with two attached hydrogens (primary N) is 1. The molecule has 1 aliphatic heterocycles. The van der Waals surface area contributed by atoms with E-state index < -0.39 is 0 Å². The van der Waals surface area contributed by atoms with E-state index in [0.717, 1.165) is 32.7 Å². The number of piperazine rings is 1. The minimum atomic E-state index is -0.381. The molecule has 1 saturated heterocycles. The van der Waals surface area contributed by atoms with Crippen LogP contribution in [-0.4, -0.2) is 65.2 Å². The Bertz CT molecular complexity index is 378. The molecule has 1 aromatic heterocycles. The minimum Gasteiger partial charge on any atom is -0.461 e. The van der Waals surface area contributed by atoms with Gasteiger partial charge in [0.25, 0.3) is 0 Å². The van der Waals surface area contributed by atoms with E-state index in [2.05, 4.69) is 14.9 Å². The quantitative estimate of drug-likeness (QED) is 0.549. The van der Waals surface area contributed by atoms with Crippen LogP contribution in [0, 0.1) is 0 Å². The van der Waals surface area contributed by atoms with Gasteiger partial charge in [0, 0.05) is 45.1 Å². The molecule has 1 aromatic rings. The van der Waals surface area contributed by atoms with Crippen molar-refractivity contribution in [1.29, 1.82) is 0 Å². The number of carbonyl (C=O) groups is 1. The summed E-state index contributed by atoms with van der Waals surface area (Å²) >= 11 is 0. The zero-order valence-corrected chi connectivity index (χ0v) is 10.2. The lowest BCUT2D eigenvalue weighted by Crippen LogP contribution is -2.50. The number of ether oxygens (including phenoxy) is 1. The van der Waals surface area contributed by atoms with Crippen LogP contribution in [0.25, 0.3) is 0 Å². The molecule has 18 heavy (non-hydrogen) atoms. The molecule has 1 fully saturated rings. The zero-order chi connectivity index (χ0) is 12.8. The lowest BCUT2D eigenvalue weighted by molar-refractivity contribution is 0.0422. The highest BCUT2D eigenvalue weighted by Gasteiger charge is 2.14. The first-order chi connectivity index (χ1) is 8.75. The van der Waals surface area contributed by atoms with Crippen molar-refractivity contribution >= 4 is 5.97 Å². The Kier molecular flexibility index (Phi) is 4.57. The van der Waals surface area contributed by atoms with Crippen molar-refractivity contribution in [3.05, 3.63) is 24.3 Å². The fraction of sp³-hybridized carbons (Fsp3) is 0.545. The van der Waals surface area contributed by atoms with Crippen molar-refractivity contribution in [3.8, 4) is 0 Å². The van der Waals surface area contributed by atoms with Crippen molar-refractivity contribution in [1.82, 2.24) is 19.9 Å². The standard InChI is InChI=1S/C11H17N5O2/c12-16-3-1-15(2-4-16)5-6-18-11(17)10-7-13-9-14-8-10/h7-9H,1-6,12H2. The van der Waals surface area contributed by atoms with Gasteiger partial charge in [-0.1, -0.05) is 0 Å². The Hall–Kier alpha value is -1.57. The number of esters is 1. The maximum Gasteiger partial charge on any atom is 0.341 e. The van der Waals surface area contributed by atoms with Gasteiger partial charge in [-0.15, -0.1) is 0 Å². The normalized spacial score (nSPS) is 17.6. The SMILES string of the molecule is NN1CCN(CCOC(=O)c2cncnc2)CC1. The highest BCUT2D eigenvalue weighted by Crippen LogP contribution is 1.99. The van der Waals surface area contributed by atoms with E-state index in [0.29, 0.717) is 12.2 Å². The van der Waals surface area contributed by atoms with E-state index in [9.17, 15) is 4.79 Å². The van der Waals surface area contributed by atoms with Crippen LogP contribution in [0.15, 0.2) is 18.7 Å². The zero-order valence-electron chi connectivity index (χ0n) is 10.2. The highest BCUT2D eigenvalue weighted by molar-refractivity contribution is 5.88. The summed E-state index contributed by atoms with van der Waals surface area (Å²) in [5.74, 6) is 5.28. The second-order valence-electron chi connectivity index (χ2n) is 4.14. The molecule has 0 saturated carbocycles. The van der Waals surface area contributed by atoms with Crippen LogP contribution in [-0.2, 0) is 4.74 Å². The first-order valence-corrected chi connectivity index (χ1v) is 5.90. The number of carbonyl (C=O) groups excluding carboxylic acids is 1. The van der Waals surface area contributed by atoms with E-state index >= 15 is 0 Å². The Labute approximate surface area is 106 Å². The van der Waals surface area contributed by atoms with Crippen LogP contribution in [0.4, 0.5) is 0 Å². The van der Waals surface area contributed by atoms with Gasteiger partial charge < -0.3 is 4.74 Å². The van der Waals surface area contributed by atoms with Crippen molar-refractivity contribution in [2.75, 3.05) is 39.3 Å². The smallest absolute Gasteiger partial charge is 0.341 e. The first kappa shape index (κ1) is 12.9. The molecule has 0 bridgehead atoms. The average molecular weight is 251 g/mol. The van der Waals surface area contributed by atoms with Crippen LogP contribution in [0.1, 0.15) is 10.4 Å². The van der Waals surface area contributed by atoms with Crippen LogP contribution in [0.3, 0.4) is 0 Å². The molecule has 0 spiro atoms. The van der Waals surface area contributed by atoms with Gasteiger partial charge in [0.1, 0.15) is 12.9 Å². The van der Waals surface area contributed by atoms with Crippen LogP contribution >= 0.6 is 0 Å². The van der Waals surface area contributed by atoms with Gasteiger partial charge in [-0.3, -0.25) is 10.7 Å². The third-order valence-corrected chi connectivity index (χ3v) is 2.84. The Balaban J connectivity index is 1.68. The van der Waals surface area contributed by atoms with Crippen molar-refractivity contribution in [3.63, 3.8) is 0 Å². The second kappa shape index (κ2) is 6.39. The third kappa shape index (κ3) is 3.73. The predicted molar refractivity (Wildman–Crippen MR) is 64.5 cm³/mol. The molecule has 1 aliphatic rings. The third-order valence-electron chi connectivity index (χ3n) is 2.84. The number of hydrogen-bond donors (Lipinski definition) is 1. The molecule has 0 aliphatic carbocycles. The Morgan fingerprint density at radius 2 is 1.94 bits per heavy atom. The predicted octanol–water partition coefficient (Wildman–Crippen LogP) is -0.875. The first-order valence-electron chi connectivity index (χ1n) is 5.90. The van der Waals surface area contributed by atoms with E-state index in [-0.39, 0.29) is 5.97 Å². The van der Waals surface area contributed by atoms with E-state index in [1.807, 2.05) is 0 Å². The molecule has 0 aromatic carbocycles. The van der Waals surface area contributed by atoms with Gasteiger partial charge >= 0.3 is 5.97 Å². The maximum atomic E-state index is 11.6. The lowest BCUT2D eigenvalue weighted by atomic mass is 10.3. The van der Waals surface area contributed by atoms with Crippen molar-refractivity contribution in [2.24, 2.45) is 5.84 Å². The van der Waals surface area contributed by atoms with Gasteiger partial charge in [0.2, 0.25) is 0 Å². The second-order valence-corrected chi connectivity index (χ2v) is 4.14. The molecule has 0 amide bonds. The van der Waals surface area contributed by atoms with Gasteiger partial charge in [-0.05, 0) is 0 Å². The number of aromatic nitrogens is 2. The van der Waals surface area contributed by atoms with E-state index in [4.69, 9.17) is 10.6 Å². The van der Waals surface area contributed by atoms with Gasteiger partial charge in [0.15, 0.2) is 0 Å². The summed E-state index contributed by atoms with van der Waals surface area (Å²) in [5, 5.41) is 1.80. The topological polar surface area (TPSA) is 84.6 Å². The molecule has 7 nitrogen and oxygen atoms in total. The van der Waals surface area contributed by atoms with Crippen molar-refractivity contribution in [2.45, 2.75) is 0 Å². The summed E-state index contributed by atoms with van der Waals surface area (Å²) in [6, 6.07) is 0. The molecule has 0 radical (unpaired) electrons. The van der Waals surface area contributed by atoms with E-state index in [1.165, 1.54) is 18.7 Å². The Morgan fingerprint density at radius 3 is 2.61 bits per heavy atom. The molecule has 7 heteroatoms. The van der Waals surface area contributed by atoms with Crippen LogP contribution < -0.4 is 5.84 Å². The molecule has 2 heterocycles. The summed E-state index contributed by atoms with van der Waals surface area (Å²) in [6.07, 6.45) is 4.27. The van der Waals surface area contributed by atoms with Crippen LogP contribution in [0.2, 0.25) is 0 Å². The molecular formula is C11H17N5O2. The van der Waals surface area contributed by atoms with Gasteiger partial charge in [-0.2, -0.15) is 0 Å². The summed E-state index contributed by atoms with van der Waals surface area (Å²) in [4.78, 5) is 21.4. The lowest BCUT2D eigenvalue weighted by Gasteiger charge is -2.31. The summed E-state index contributed by atoms with van der Waals surface area (Å²) in [6.45, 7) is 4.61. The highest BCUT2D eigenvalue weighted by atomic mass is 16.5. The Morgan fingerprint density at radius 1 is 1.28 bits per heavy atom. The van der Waals surface area contributed by atoms with Crippen LogP contribution in [0.5, 0.6) is 0 Å². The number of hydrogen-bond acceptors (Lipinski definition) is 7. The summed E-state index contributed by atoms with van der Waals surface area (Å²) in [5.41, 5.74) is 0.379. The minimum absolute atomic E-state index is 0.373. The summed E-state index contributed by atoms with van der Waals surface area (Å²) in [7, 11) is 0.